The number of nitrogens with zero attached hydrogens (tertiary/aromatic N) is 1. The summed E-state index contributed by atoms with van der Waals surface area (Å²) in [6, 6.07) is 0. The Hall–Kier alpha value is -0.740. The average molecular weight is 325 g/mol. The van der Waals surface area contributed by atoms with Crippen molar-refractivity contribution < 1.29 is 9.63 Å². The Morgan fingerprint density at radius 1 is 0.944 bits per heavy atom. The van der Waals surface area contributed by atoms with E-state index in [4.69, 9.17) is 46.4 Å². The lowest BCUT2D eigenvalue weighted by Gasteiger charge is -2.17. The summed E-state index contributed by atoms with van der Waals surface area (Å²) in [5.41, 5.74) is 0.859. The van der Waals surface area contributed by atoms with Crippen molar-refractivity contribution in [1.29, 1.82) is 0 Å². The zero-order valence-electron chi connectivity index (χ0n) is 8.93. The first-order chi connectivity index (χ1) is 8.49. The van der Waals surface area contributed by atoms with Crippen LogP contribution in [0.15, 0.2) is 17.3 Å². The molecule has 0 heterocycles. The molecule has 7 heteroatoms. The predicted molar refractivity (Wildman–Crippen MR) is 73.5 cm³/mol. The molecular weight excluding hydrogens is 320 g/mol. The number of carbonyl (C=O) groups is 1. The first kappa shape index (κ1) is 13.7. The molecule has 0 saturated carbocycles. The van der Waals surface area contributed by atoms with Crippen molar-refractivity contribution in [3.05, 3.63) is 43.4 Å². The summed E-state index contributed by atoms with van der Waals surface area (Å²) in [5, 5.41) is 4.06. The van der Waals surface area contributed by atoms with Gasteiger partial charge in [0.1, 0.15) is 12.8 Å². The number of carbonyl (C=O) groups excluding carboxylic acids is 1. The maximum atomic E-state index is 11.8. The van der Waals surface area contributed by atoms with Gasteiger partial charge in [-0.2, -0.15) is 0 Å². The summed E-state index contributed by atoms with van der Waals surface area (Å²) in [4.78, 5) is 16.5. The second-order valence-electron chi connectivity index (χ2n) is 3.36. The van der Waals surface area contributed by atoms with Gasteiger partial charge in [0.05, 0.1) is 25.7 Å². The van der Waals surface area contributed by atoms with Crippen LogP contribution in [0, 0.1) is 0 Å². The largest absolute Gasteiger partial charge is 0.399 e. The highest BCUT2D eigenvalue weighted by atomic mass is 35.5. The lowest BCUT2D eigenvalue weighted by Crippen LogP contribution is -2.14. The molecule has 94 valence electrons. The summed E-state index contributed by atoms with van der Waals surface area (Å²) in [6.07, 6.45) is 2.78. The van der Waals surface area contributed by atoms with E-state index in [9.17, 15) is 4.79 Å². The fourth-order valence-corrected chi connectivity index (χ4v) is 2.64. The molecule has 0 aromatic heterocycles. The monoisotopic (exact) mass is 323 g/mol. The Morgan fingerprint density at radius 3 is 2.06 bits per heavy atom. The van der Waals surface area contributed by atoms with E-state index in [1.807, 2.05) is 0 Å². The molecular formula is C11H5Cl4NO2. The van der Waals surface area contributed by atoms with Gasteiger partial charge in [-0.1, -0.05) is 51.6 Å². The van der Waals surface area contributed by atoms with Crippen LogP contribution in [0.5, 0.6) is 0 Å². The summed E-state index contributed by atoms with van der Waals surface area (Å²) in [7, 11) is 1.38. The van der Waals surface area contributed by atoms with Crippen LogP contribution in [0.3, 0.4) is 0 Å². The van der Waals surface area contributed by atoms with Crippen LogP contribution < -0.4 is 0 Å². The zero-order valence-corrected chi connectivity index (χ0v) is 12.0. The van der Waals surface area contributed by atoms with Gasteiger partial charge in [-0.05, 0) is 12.2 Å². The van der Waals surface area contributed by atoms with Crippen molar-refractivity contribution in [3.8, 4) is 0 Å². The fourth-order valence-electron chi connectivity index (χ4n) is 1.60. The first-order valence-electron chi connectivity index (χ1n) is 4.69. The molecule has 0 N–H and O–H groups in total. The minimum absolute atomic E-state index is 0.0440. The van der Waals surface area contributed by atoms with Gasteiger partial charge in [-0.15, -0.1) is 0 Å². The summed E-state index contributed by atoms with van der Waals surface area (Å²) < 4.78 is 0. The quantitative estimate of drug-likeness (QED) is 0.436. The number of ketones is 1. The third-order valence-electron chi connectivity index (χ3n) is 2.35. The van der Waals surface area contributed by atoms with E-state index in [1.54, 1.807) is 0 Å². The van der Waals surface area contributed by atoms with E-state index in [1.165, 1.54) is 19.3 Å². The van der Waals surface area contributed by atoms with Crippen LogP contribution >= 0.6 is 46.4 Å². The topological polar surface area (TPSA) is 38.7 Å². The van der Waals surface area contributed by atoms with Gasteiger partial charge in [-0.25, -0.2) is 0 Å². The molecule has 1 aliphatic rings. The molecule has 18 heavy (non-hydrogen) atoms. The number of hydrogen-bond acceptors (Lipinski definition) is 3. The van der Waals surface area contributed by atoms with E-state index in [0.29, 0.717) is 11.3 Å². The van der Waals surface area contributed by atoms with Gasteiger partial charge < -0.3 is 4.84 Å². The molecule has 0 saturated heterocycles. The number of oxime groups is 1. The van der Waals surface area contributed by atoms with Gasteiger partial charge >= 0.3 is 0 Å². The van der Waals surface area contributed by atoms with Gasteiger partial charge in [0.15, 0.2) is 5.78 Å². The summed E-state index contributed by atoms with van der Waals surface area (Å²) in [6.45, 7) is 0. The molecule has 0 amide bonds. The van der Waals surface area contributed by atoms with E-state index < -0.39 is 0 Å². The second kappa shape index (κ2) is 5.10. The maximum Gasteiger partial charge on any atom is 0.188 e. The van der Waals surface area contributed by atoms with Crippen molar-refractivity contribution in [2.75, 3.05) is 7.11 Å². The second-order valence-corrected chi connectivity index (χ2v) is 4.87. The molecule has 0 atom stereocenters. The van der Waals surface area contributed by atoms with E-state index >= 15 is 0 Å². The number of hydrogen-bond donors (Lipinski definition) is 0. The lowest BCUT2D eigenvalue weighted by atomic mass is 9.94. The van der Waals surface area contributed by atoms with Crippen molar-refractivity contribution in [1.82, 2.24) is 0 Å². The third kappa shape index (κ3) is 2.01. The number of allylic oxidation sites excluding steroid dienone is 2. The van der Waals surface area contributed by atoms with E-state index in [2.05, 4.69) is 9.99 Å². The Kier molecular flexibility index (Phi) is 3.87. The molecule has 0 bridgehead atoms. The van der Waals surface area contributed by atoms with Crippen molar-refractivity contribution >= 4 is 57.9 Å². The molecule has 0 unspecified atom stereocenters. The van der Waals surface area contributed by atoms with Crippen LogP contribution in [0.4, 0.5) is 0 Å². The van der Waals surface area contributed by atoms with Crippen molar-refractivity contribution in [3.63, 3.8) is 0 Å². The molecule has 1 aromatic carbocycles. The Labute approximate surface area is 123 Å². The van der Waals surface area contributed by atoms with Gasteiger partial charge in [-0.3, -0.25) is 4.79 Å². The number of rotatable bonds is 1. The first-order valence-corrected chi connectivity index (χ1v) is 6.20. The smallest absolute Gasteiger partial charge is 0.188 e. The standard InChI is InChI=1S/C11H5Cl4NO2/c1-18-16-4-2-3-5(17)7-6(4)8(12)10(14)11(15)9(7)13/h2-3H,1H3. The summed E-state index contributed by atoms with van der Waals surface area (Å²) >= 11 is 24.0. The van der Waals surface area contributed by atoms with Crippen LogP contribution in [-0.4, -0.2) is 18.6 Å². The minimum atomic E-state index is -0.314. The van der Waals surface area contributed by atoms with Gasteiger partial charge in [0, 0.05) is 5.56 Å². The van der Waals surface area contributed by atoms with Crippen molar-refractivity contribution in [2.24, 2.45) is 5.16 Å². The zero-order chi connectivity index (χ0) is 13.4. The number of benzene rings is 1. The number of halogens is 4. The van der Waals surface area contributed by atoms with Crippen LogP contribution in [0.1, 0.15) is 15.9 Å². The molecule has 0 fully saturated rings. The minimum Gasteiger partial charge on any atom is -0.399 e. The normalized spacial score (nSPS) is 16.1. The fraction of sp³-hybridized carbons (Fsp3) is 0.0909. The highest BCUT2D eigenvalue weighted by Crippen LogP contribution is 2.43. The SMILES string of the molecule is CON=C1C=CC(=O)c2c(Cl)c(Cl)c(Cl)c(Cl)c21. The Morgan fingerprint density at radius 2 is 1.50 bits per heavy atom. The molecule has 1 aliphatic carbocycles. The number of fused-ring (bicyclic) bond motifs is 1. The Balaban J connectivity index is 2.88. The van der Waals surface area contributed by atoms with E-state index in [0.717, 1.165) is 0 Å². The van der Waals surface area contributed by atoms with Gasteiger partial charge in [0.25, 0.3) is 0 Å². The lowest BCUT2D eigenvalue weighted by molar-refractivity contribution is 0.104. The molecule has 0 spiro atoms. The predicted octanol–water partition coefficient (Wildman–Crippen LogP) is 4.40. The third-order valence-corrected chi connectivity index (χ3v) is 4.15. The van der Waals surface area contributed by atoms with E-state index in [-0.39, 0.29) is 31.4 Å². The van der Waals surface area contributed by atoms with Crippen LogP contribution in [-0.2, 0) is 4.84 Å². The van der Waals surface area contributed by atoms with Crippen molar-refractivity contribution in [2.45, 2.75) is 0 Å². The van der Waals surface area contributed by atoms with Crippen LogP contribution in [0.2, 0.25) is 20.1 Å². The summed E-state index contributed by atoms with van der Waals surface area (Å²) in [5.74, 6) is -0.314. The Bertz CT molecular complexity index is 608. The molecule has 3 nitrogen and oxygen atoms in total. The molecule has 2 rings (SSSR count). The highest BCUT2D eigenvalue weighted by Gasteiger charge is 2.28. The van der Waals surface area contributed by atoms with Crippen LogP contribution in [0.25, 0.3) is 0 Å². The average Bonchev–Trinajstić information content (AvgIpc) is 2.35. The van der Waals surface area contributed by atoms with Gasteiger partial charge in [0.2, 0.25) is 0 Å². The molecule has 0 aliphatic heterocycles. The maximum absolute atomic E-state index is 11.8. The molecule has 1 aromatic rings. The molecule has 0 radical (unpaired) electrons. The highest BCUT2D eigenvalue weighted by molar-refractivity contribution is 6.55.